The highest BCUT2D eigenvalue weighted by Crippen LogP contribution is 2.24. The minimum absolute atomic E-state index is 0.0180. The number of amides is 1. The Morgan fingerprint density at radius 2 is 1.72 bits per heavy atom. The van der Waals surface area contributed by atoms with Crippen molar-refractivity contribution < 1.29 is 19.1 Å². The maximum atomic E-state index is 11.6. The Labute approximate surface area is 113 Å². The lowest BCUT2D eigenvalue weighted by molar-refractivity contribution is -0.136. The number of hydrogen-bond donors (Lipinski definition) is 1. The highest BCUT2D eigenvalue weighted by atomic mass is 79.9. The molecule has 18 heavy (non-hydrogen) atoms. The van der Waals surface area contributed by atoms with Crippen molar-refractivity contribution in [1.29, 1.82) is 0 Å². The van der Waals surface area contributed by atoms with Gasteiger partial charge in [0.25, 0.3) is 0 Å². The number of alkyl carbamates (subject to hydrolysis) is 1. The summed E-state index contributed by atoms with van der Waals surface area (Å²) in [5, 5.41) is 2.31. The van der Waals surface area contributed by atoms with Crippen LogP contribution in [-0.2, 0) is 14.3 Å². The van der Waals surface area contributed by atoms with Gasteiger partial charge < -0.3 is 9.47 Å². The van der Waals surface area contributed by atoms with Gasteiger partial charge in [-0.05, 0) is 21.5 Å². The van der Waals surface area contributed by atoms with Crippen LogP contribution < -0.4 is 5.32 Å². The molecule has 0 saturated heterocycles. The smallest absolute Gasteiger partial charge is 0.411 e. The quantitative estimate of drug-likeness (QED) is 0.687. The van der Waals surface area contributed by atoms with Crippen molar-refractivity contribution in [3.8, 4) is 0 Å². The second kappa shape index (κ2) is 6.80. The van der Waals surface area contributed by atoms with Gasteiger partial charge in [-0.25, -0.2) is 9.59 Å². The molecule has 0 fully saturated rings. The van der Waals surface area contributed by atoms with E-state index >= 15 is 0 Å². The van der Waals surface area contributed by atoms with Crippen LogP contribution >= 0.6 is 15.9 Å². The summed E-state index contributed by atoms with van der Waals surface area (Å²) in [5.74, 6) is -0.670. The van der Waals surface area contributed by atoms with E-state index in [0.29, 0.717) is 4.48 Å². The first-order chi connectivity index (χ1) is 8.60. The van der Waals surface area contributed by atoms with Crippen molar-refractivity contribution in [3.05, 3.63) is 41.6 Å². The molecule has 0 aliphatic heterocycles. The van der Waals surface area contributed by atoms with Gasteiger partial charge in [-0.3, -0.25) is 5.32 Å². The fourth-order valence-electron chi connectivity index (χ4n) is 1.18. The van der Waals surface area contributed by atoms with E-state index in [1.807, 2.05) is 18.2 Å². The van der Waals surface area contributed by atoms with Gasteiger partial charge in [-0.2, -0.15) is 0 Å². The van der Waals surface area contributed by atoms with Crippen LogP contribution in [0.5, 0.6) is 0 Å². The number of carbonyl (C=O) groups excluding carboxylic acids is 2. The maximum absolute atomic E-state index is 11.6. The third kappa shape index (κ3) is 3.59. The summed E-state index contributed by atoms with van der Waals surface area (Å²) in [6.45, 7) is 0. The van der Waals surface area contributed by atoms with E-state index in [-0.39, 0.29) is 5.70 Å². The third-order valence-corrected chi connectivity index (χ3v) is 2.90. The summed E-state index contributed by atoms with van der Waals surface area (Å²) < 4.78 is 9.47. The first kappa shape index (κ1) is 14.2. The largest absolute Gasteiger partial charge is 0.464 e. The first-order valence-corrected chi connectivity index (χ1v) is 5.78. The Hall–Kier alpha value is -1.82. The minimum atomic E-state index is -0.747. The molecule has 0 saturated carbocycles. The molecule has 0 atom stereocenters. The lowest BCUT2D eigenvalue weighted by Gasteiger charge is -2.10. The fraction of sp³-hybridized carbons (Fsp3) is 0.167. The number of carbonyl (C=O) groups is 2. The summed E-state index contributed by atoms with van der Waals surface area (Å²) in [5.41, 5.74) is 0.713. The van der Waals surface area contributed by atoms with Crippen molar-refractivity contribution >= 4 is 32.5 Å². The molecule has 0 bridgehead atoms. The third-order valence-electron chi connectivity index (χ3n) is 2.05. The molecule has 1 rings (SSSR count). The summed E-state index contributed by atoms with van der Waals surface area (Å²) in [6, 6.07) is 9.03. The molecule has 1 N–H and O–H groups in total. The number of rotatable bonds is 3. The molecule has 1 amide bonds. The molecular formula is C12H12BrNO4. The molecule has 1 aromatic rings. The number of esters is 1. The molecule has 0 heterocycles. The molecule has 0 spiro atoms. The minimum Gasteiger partial charge on any atom is -0.464 e. The molecule has 0 aliphatic rings. The number of nitrogens with one attached hydrogen (secondary N) is 1. The van der Waals surface area contributed by atoms with Gasteiger partial charge in [0.2, 0.25) is 0 Å². The van der Waals surface area contributed by atoms with E-state index in [9.17, 15) is 9.59 Å². The highest BCUT2D eigenvalue weighted by Gasteiger charge is 2.18. The van der Waals surface area contributed by atoms with Crippen molar-refractivity contribution in [2.24, 2.45) is 0 Å². The van der Waals surface area contributed by atoms with E-state index in [2.05, 4.69) is 30.7 Å². The monoisotopic (exact) mass is 313 g/mol. The van der Waals surface area contributed by atoms with Crippen LogP contribution in [0, 0.1) is 0 Å². The van der Waals surface area contributed by atoms with Gasteiger partial charge in [0.1, 0.15) is 5.70 Å². The summed E-state index contributed by atoms with van der Waals surface area (Å²) in [7, 11) is 2.44. The molecule has 0 radical (unpaired) electrons. The Bertz CT molecular complexity index is 470. The van der Waals surface area contributed by atoms with E-state index in [0.717, 1.165) is 5.56 Å². The molecule has 0 aromatic heterocycles. The molecule has 0 unspecified atom stereocenters. The zero-order chi connectivity index (χ0) is 13.5. The molecule has 6 heteroatoms. The van der Waals surface area contributed by atoms with Gasteiger partial charge in [0.05, 0.1) is 18.7 Å². The van der Waals surface area contributed by atoms with E-state index in [4.69, 9.17) is 0 Å². The number of methoxy groups -OCH3 is 2. The van der Waals surface area contributed by atoms with Crippen LogP contribution in [0.15, 0.2) is 36.0 Å². The maximum Gasteiger partial charge on any atom is 0.411 e. The average Bonchev–Trinajstić information content (AvgIpc) is 2.43. The Morgan fingerprint density at radius 3 is 2.22 bits per heavy atom. The highest BCUT2D eigenvalue weighted by molar-refractivity contribution is 9.15. The predicted octanol–water partition coefficient (Wildman–Crippen LogP) is 2.28. The van der Waals surface area contributed by atoms with Gasteiger partial charge in [-0.15, -0.1) is 0 Å². The van der Waals surface area contributed by atoms with Crippen LogP contribution in [0.3, 0.4) is 0 Å². The van der Waals surface area contributed by atoms with Crippen molar-refractivity contribution in [3.63, 3.8) is 0 Å². The van der Waals surface area contributed by atoms with E-state index in [1.54, 1.807) is 12.1 Å². The van der Waals surface area contributed by atoms with E-state index in [1.165, 1.54) is 14.2 Å². The number of hydrogen-bond acceptors (Lipinski definition) is 4. The van der Waals surface area contributed by atoms with E-state index < -0.39 is 12.1 Å². The zero-order valence-corrected chi connectivity index (χ0v) is 11.5. The van der Waals surface area contributed by atoms with Gasteiger partial charge in [0, 0.05) is 0 Å². The summed E-state index contributed by atoms with van der Waals surface area (Å²) in [4.78, 5) is 22.8. The fourth-order valence-corrected chi connectivity index (χ4v) is 1.70. The zero-order valence-electron chi connectivity index (χ0n) is 9.90. The van der Waals surface area contributed by atoms with Crippen LogP contribution in [0.2, 0.25) is 0 Å². The molecule has 1 aromatic carbocycles. The molecule has 96 valence electrons. The van der Waals surface area contributed by atoms with Crippen LogP contribution in [0.4, 0.5) is 4.79 Å². The van der Waals surface area contributed by atoms with Crippen LogP contribution in [0.1, 0.15) is 5.56 Å². The predicted molar refractivity (Wildman–Crippen MR) is 69.8 cm³/mol. The Morgan fingerprint density at radius 1 is 1.11 bits per heavy atom. The normalized spacial score (nSPS) is 11.3. The first-order valence-electron chi connectivity index (χ1n) is 4.98. The summed E-state index contributed by atoms with van der Waals surface area (Å²) in [6.07, 6.45) is -0.747. The number of halogens is 1. The number of ether oxygens (including phenoxy) is 2. The van der Waals surface area contributed by atoms with Gasteiger partial charge in [0.15, 0.2) is 0 Å². The number of benzene rings is 1. The average molecular weight is 314 g/mol. The topological polar surface area (TPSA) is 64.6 Å². The van der Waals surface area contributed by atoms with Crippen molar-refractivity contribution in [1.82, 2.24) is 5.32 Å². The molecular weight excluding hydrogens is 302 g/mol. The van der Waals surface area contributed by atoms with Crippen LogP contribution in [-0.4, -0.2) is 26.3 Å². The van der Waals surface area contributed by atoms with Crippen LogP contribution in [0.25, 0.3) is 4.48 Å². The molecule has 5 nitrogen and oxygen atoms in total. The van der Waals surface area contributed by atoms with Gasteiger partial charge >= 0.3 is 12.1 Å². The second-order valence-corrected chi connectivity index (χ2v) is 3.96. The Balaban J connectivity index is 3.15. The summed E-state index contributed by atoms with van der Waals surface area (Å²) >= 11 is 3.26. The lowest BCUT2D eigenvalue weighted by Crippen LogP contribution is -2.28. The SMILES string of the molecule is COC(=O)N/C(C(=O)OC)=C(\Br)c1ccccc1. The van der Waals surface area contributed by atoms with Gasteiger partial charge in [-0.1, -0.05) is 30.3 Å². The lowest BCUT2D eigenvalue weighted by atomic mass is 10.2. The van der Waals surface area contributed by atoms with Crippen molar-refractivity contribution in [2.45, 2.75) is 0 Å². The molecule has 0 aliphatic carbocycles. The Kier molecular flexibility index (Phi) is 5.38. The standard InChI is InChI=1S/C12H12BrNO4/c1-17-11(15)10(14-12(16)18-2)9(13)8-6-4-3-5-7-8/h3-7H,1-2H3,(H,14,16)/b10-9-. The van der Waals surface area contributed by atoms with Crippen molar-refractivity contribution in [2.75, 3.05) is 14.2 Å². The second-order valence-electron chi connectivity index (χ2n) is 3.16.